The number of nitrogen functional groups attached to an aromatic ring is 1. The molecule has 12 heteroatoms. The molecule has 10 nitrogen and oxygen atoms in total. The van der Waals surface area contributed by atoms with Crippen LogP contribution < -0.4 is 10.5 Å². The van der Waals surface area contributed by atoms with Gasteiger partial charge < -0.3 is 19.9 Å². The molecule has 5 rings (SSSR count). The fourth-order valence-corrected chi connectivity index (χ4v) is 8.09. The monoisotopic (exact) mass is 836 g/mol. The van der Waals surface area contributed by atoms with Crippen molar-refractivity contribution in [1.82, 2.24) is 14.4 Å². The maximum absolute atomic E-state index is 13.7. The highest BCUT2D eigenvalue weighted by atomic mass is 79.9. The summed E-state index contributed by atoms with van der Waals surface area (Å²) in [6, 6.07) is 16.3. The second-order valence-electron chi connectivity index (χ2n) is 15.2. The number of nitrogens with two attached hydrogens (primary N) is 1. The van der Waals surface area contributed by atoms with Crippen molar-refractivity contribution in [3.63, 3.8) is 0 Å². The van der Waals surface area contributed by atoms with E-state index in [0.717, 1.165) is 17.5 Å². The van der Waals surface area contributed by atoms with Gasteiger partial charge in [-0.3, -0.25) is 24.0 Å². The van der Waals surface area contributed by atoms with E-state index in [1.54, 1.807) is 48.1 Å². The van der Waals surface area contributed by atoms with Crippen molar-refractivity contribution in [2.24, 2.45) is 0 Å². The van der Waals surface area contributed by atoms with Gasteiger partial charge >= 0.3 is 11.9 Å². The Bertz CT molecular complexity index is 1980. The second-order valence-corrected chi connectivity index (χ2v) is 16.5. The predicted molar refractivity (Wildman–Crippen MR) is 222 cm³/mol. The summed E-state index contributed by atoms with van der Waals surface area (Å²) in [5.41, 5.74) is 10.7. The van der Waals surface area contributed by atoms with Gasteiger partial charge in [0, 0.05) is 57.4 Å². The number of carbonyl (C=O) groups is 3. The molecule has 0 bridgehead atoms. The summed E-state index contributed by atoms with van der Waals surface area (Å²) in [7, 11) is 1.58. The lowest BCUT2D eigenvalue weighted by Gasteiger charge is -2.35. The van der Waals surface area contributed by atoms with Crippen LogP contribution in [0.3, 0.4) is 0 Å². The minimum Gasteiger partial charge on any atom is -0.497 e. The molecule has 3 aromatic carbocycles. The van der Waals surface area contributed by atoms with Crippen LogP contribution in [-0.4, -0.2) is 83.8 Å². The third kappa shape index (κ3) is 10.5. The normalized spacial score (nSPS) is 13.8. The molecule has 2 N–H and O–H groups in total. The molecule has 1 aliphatic rings. The van der Waals surface area contributed by atoms with Crippen molar-refractivity contribution in [3.05, 3.63) is 92.0 Å². The van der Waals surface area contributed by atoms with Crippen LogP contribution in [0.15, 0.2) is 59.1 Å². The third-order valence-corrected chi connectivity index (χ3v) is 11.6. The second kappa shape index (κ2) is 18.8. The first kappa shape index (κ1) is 42.2. The zero-order valence-electron chi connectivity index (χ0n) is 32.9. The van der Waals surface area contributed by atoms with Crippen LogP contribution in [0.5, 0.6) is 5.75 Å². The highest BCUT2D eigenvalue weighted by molar-refractivity contribution is 9.10. The van der Waals surface area contributed by atoms with E-state index in [1.807, 2.05) is 25.1 Å². The Balaban J connectivity index is 1.20. The van der Waals surface area contributed by atoms with Crippen LogP contribution in [0.25, 0.3) is 10.9 Å². The van der Waals surface area contributed by atoms with E-state index in [2.05, 4.69) is 53.4 Å². The number of aromatic nitrogens is 1. The average molecular weight is 838 g/mol. The van der Waals surface area contributed by atoms with E-state index in [-0.39, 0.29) is 31.1 Å². The van der Waals surface area contributed by atoms with Crippen LogP contribution >= 0.6 is 27.5 Å². The topological polar surface area (TPSA) is 116 Å². The molecule has 4 aromatic rings. The number of benzene rings is 3. The van der Waals surface area contributed by atoms with E-state index >= 15 is 0 Å². The molecular weight excluding hydrogens is 784 g/mol. The number of ether oxygens (including phenoxy) is 3. The minimum atomic E-state index is -0.418. The standard InChI is InChI=1S/C43H54BrClN4O6/c1-7-47(33-11-9-8-10-12-33)27-31-23-30(24-37(44)40(31)46)42(52)55-22-20-48(43(3,4)5)19-21-54-39(50)26-35-28(2)49(38-18-17-34(53-6)25-36(35)38)41(51)29-13-15-32(45)16-14-29/h13-18,23-25,33H,7-12,19-22,26-27,46H2,1-6H3. The summed E-state index contributed by atoms with van der Waals surface area (Å²) in [5, 5.41) is 1.27. The number of halogens is 2. The SMILES string of the molecule is CCN(Cc1cc(C(=O)OCCN(CCOC(=O)Cc2c(C)n(C(=O)c3ccc(Cl)cc3)c3ccc(OC)cc23)C(C)(C)C)cc(Br)c1N)C1CCCCC1. The molecule has 0 amide bonds. The van der Waals surface area contributed by atoms with Crippen molar-refractivity contribution in [2.75, 3.05) is 45.7 Å². The molecule has 0 spiro atoms. The molecule has 1 fully saturated rings. The number of esters is 2. The van der Waals surface area contributed by atoms with Gasteiger partial charge in [0.1, 0.15) is 19.0 Å². The molecule has 1 saturated carbocycles. The quantitative estimate of drug-likeness (QED) is 0.0927. The Hall–Kier alpha value is -3.90. The van der Waals surface area contributed by atoms with Gasteiger partial charge in [-0.2, -0.15) is 0 Å². The Morgan fingerprint density at radius 2 is 1.62 bits per heavy atom. The van der Waals surface area contributed by atoms with Crippen LogP contribution in [-0.2, 0) is 27.2 Å². The summed E-state index contributed by atoms with van der Waals surface area (Å²) in [6.07, 6.45) is 6.14. The van der Waals surface area contributed by atoms with E-state index in [1.165, 1.54) is 32.1 Å². The first-order valence-electron chi connectivity index (χ1n) is 19.1. The Labute approximate surface area is 338 Å². The molecule has 0 atom stereocenters. The molecule has 0 aliphatic heterocycles. The molecule has 0 saturated heterocycles. The van der Waals surface area contributed by atoms with Gasteiger partial charge in [0.05, 0.1) is 30.3 Å². The summed E-state index contributed by atoms with van der Waals surface area (Å²) in [4.78, 5) is 44.9. The molecule has 296 valence electrons. The lowest BCUT2D eigenvalue weighted by Crippen LogP contribution is -2.45. The number of hydrogen-bond acceptors (Lipinski definition) is 9. The maximum Gasteiger partial charge on any atom is 0.338 e. The molecule has 0 unspecified atom stereocenters. The summed E-state index contributed by atoms with van der Waals surface area (Å²) < 4.78 is 19.3. The van der Waals surface area contributed by atoms with E-state index in [0.29, 0.717) is 74.5 Å². The molecule has 55 heavy (non-hydrogen) atoms. The van der Waals surface area contributed by atoms with Gasteiger partial charge in [-0.25, -0.2) is 4.79 Å². The van der Waals surface area contributed by atoms with Crippen LogP contribution in [0.1, 0.15) is 97.3 Å². The molecule has 1 aliphatic carbocycles. The summed E-state index contributed by atoms with van der Waals surface area (Å²) in [5.74, 6) is -0.447. The molecule has 1 aromatic heterocycles. The van der Waals surface area contributed by atoms with Gasteiger partial charge in [0.15, 0.2) is 0 Å². The first-order valence-corrected chi connectivity index (χ1v) is 20.3. The highest BCUT2D eigenvalue weighted by Gasteiger charge is 2.26. The van der Waals surface area contributed by atoms with Crippen molar-refractivity contribution in [1.29, 1.82) is 0 Å². The number of anilines is 1. The fraction of sp³-hybridized carbons (Fsp3) is 0.465. The smallest absolute Gasteiger partial charge is 0.338 e. The van der Waals surface area contributed by atoms with Crippen LogP contribution in [0.2, 0.25) is 5.02 Å². The third-order valence-electron chi connectivity index (χ3n) is 10.6. The molecule has 1 heterocycles. The van der Waals surface area contributed by atoms with Crippen molar-refractivity contribution < 1.29 is 28.6 Å². The lowest BCUT2D eigenvalue weighted by molar-refractivity contribution is -0.143. The Kier molecular flexibility index (Phi) is 14.5. The van der Waals surface area contributed by atoms with Crippen molar-refractivity contribution >= 4 is 62.0 Å². The zero-order chi connectivity index (χ0) is 39.9. The van der Waals surface area contributed by atoms with E-state index in [4.69, 9.17) is 31.5 Å². The van der Waals surface area contributed by atoms with Crippen LogP contribution in [0.4, 0.5) is 5.69 Å². The number of carbonyl (C=O) groups excluding carboxylic acids is 3. The summed E-state index contributed by atoms with van der Waals surface area (Å²) in [6.45, 7) is 13.0. The zero-order valence-corrected chi connectivity index (χ0v) is 35.2. The van der Waals surface area contributed by atoms with Crippen LogP contribution in [0, 0.1) is 6.92 Å². The Morgan fingerprint density at radius 3 is 2.25 bits per heavy atom. The van der Waals surface area contributed by atoms with E-state index < -0.39 is 11.9 Å². The predicted octanol–water partition coefficient (Wildman–Crippen LogP) is 8.84. The number of hydrogen-bond donors (Lipinski definition) is 1. The number of nitrogens with zero attached hydrogens (tertiary/aromatic N) is 3. The van der Waals surface area contributed by atoms with Gasteiger partial charge in [0.2, 0.25) is 0 Å². The van der Waals surface area contributed by atoms with Crippen molar-refractivity contribution in [3.8, 4) is 5.75 Å². The fourth-order valence-electron chi connectivity index (χ4n) is 7.46. The number of methoxy groups -OCH3 is 1. The number of rotatable bonds is 15. The minimum absolute atomic E-state index is 0.0284. The van der Waals surface area contributed by atoms with Gasteiger partial charge in [-0.15, -0.1) is 0 Å². The summed E-state index contributed by atoms with van der Waals surface area (Å²) >= 11 is 9.63. The number of fused-ring (bicyclic) bond motifs is 1. The van der Waals surface area contributed by atoms with Gasteiger partial charge in [-0.05, 0) is 129 Å². The van der Waals surface area contributed by atoms with Gasteiger partial charge in [-0.1, -0.05) is 37.8 Å². The molecular formula is C43H54BrClN4O6. The molecule has 0 radical (unpaired) electrons. The van der Waals surface area contributed by atoms with E-state index in [9.17, 15) is 14.4 Å². The first-order chi connectivity index (χ1) is 26.2. The lowest BCUT2D eigenvalue weighted by atomic mass is 9.93. The highest BCUT2D eigenvalue weighted by Crippen LogP contribution is 2.32. The Morgan fingerprint density at radius 1 is 0.945 bits per heavy atom. The maximum atomic E-state index is 13.7. The largest absolute Gasteiger partial charge is 0.497 e. The van der Waals surface area contributed by atoms with Gasteiger partial charge in [0.25, 0.3) is 5.91 Å². The average Bonchev–Trinajstić information content (AvgIpc) is 3.43. The van der Waals surface area contributed by atoms with Crippen molar-refractivity contribution in [2.45, 2.75) is 91.3 Å².